The number of amides is 1. The van der Waals surface area contributed by atoms with E-state index >= 15 is 0 Å². The molecule has 0 spiro atoms. The van der Waals surface area contributed by atoms with E-state index in [0.717, 1.165) is 29.5 Å². The summed E-state index contributed by atoms with van der Waals surface area (Å²) < 4.78 is 31.0. The van der Waals surface area contributed by atoms with Gasteiger partial charge in [-0.15, -0.1) is 11.3 Å². The molecule has 1 N–H and O–H groups in total. The fraction of sp³-hybridized carbons (Fsp3) is 0.0769. The van der Waals surface area contributed by atoms with E-state index in [1.807, 2.05) is 0 Å². The number of carbonyl (C=O) groups excluding carboxylic acids is 2. The zero-order valence-electron chi connectivity index (χ0n) is 10.3. The minimum Gasteiger partial charge on any atom is -0.465 e. The zero-order chi connectivity index (χ0) is 14.7. The molecule has 104 valence electrons. The van der Waals surface area contributed by atoms with Crippen LogP contribution in [0.1, 0.15) is 20.0 Å². The lowest BCUT2D eigenvalue weighted by molar-refractivity contribution is 0.0607. The molecular weight excluding hydrogens is 288 g/mol. The first-order chi connectivity index (χ1) is 9.52. The standard InChI is InChI=1S/C13H9F2NO3S/c1-19-13(18)11-10(4-5-20-11)16-12(17)8-6-7(14)2-3-9(8)15/h2-6H,1H3,(H,16,17). The Labute approximate surface area is 117 Å². The number of ether oxygens (including phenoxy) is 1. The van der Waals surface area contributed by atoms with Crippen LogP contribution in [-0.4, -0.2) is 19.0 Å². The van der Waals surface area contributed by atoms with E-state index in [1.54, 1.807) is 5.38 Å². The maximum absolute atomic E-state index is 13.5. The van der Waals surface area contributed by atoms with Crippen molar-refractivity contribution in [2.75, 3.05) is 12.4 Å². The highest BCUT2D eigenvalue weighted by Crippen LogP contribution is 2.24. The second kappa shape index (κ2) is 5.79. The first kappa shape index (κ1) is 14.1. The molecule has 0 aliphatic rings. The predicted octanol–water partition coefficient (Wildman–Crippen LogP) is 3.07. The van der Waals surface area contributed by atoms with Crippen LogP contribution < -0.4 is 5.32 Å². The first-order valence-electron chi connectivity index (χ1n) is 5.45. The van der Waals surface area contributed by atoms with E-state index in [-0.39, 0.29) is 10.6 Å². The highest BCUT2D eigenvalue weighted by atomic mass is 32.1. The van der Waals surface area contributed by atoms with E-state index in [1.165, 1.54) is 13.2 Å². The fourth-order valence-corrected chi connectivity index (χ4v) is 2.29. The molecule has 1 heterocycles. The Balaban J connectivity index is 2.26. The third-order valence-corrected chi connectivity index (χ3v) is 3.35. The van der Waals surface area contributed by atoms with Crippen molar-refractivity contribution in [3.05, 3.63) is 51.7 Å². The van der Waals surface area contributed by atoms with Crippen LogP contribution in [0.4, 0.5) is 14.5 Å². The summed E-state index contributed by atoms with van der Waals surface area (Å²) in [6.45, 7) is 0. The monoisotopic (exact) mass is 297 g/mol. The molecule has 0 radical (unpaired) electrons. The number of halogens is 2. The third kappa shape index (κ3) is 2.83. The molecule has 2 rings (SSSR count). The number of hydrogen-bond donors (Lipinski definition) is 1. The Morgan fingerprint density at radius 2 is 2.00 bits per heavy atom. The van der Waals surface area contributed by atoms with Crippen LogP contribution in [0.15, 0.2) is 29.6 Å². The molecule has 0 aliphatic carbocycles. The van der Waals surface area contributed by atoms with E-state index < -0.39 is 29.1 Å². The van der Waals surface area contributed by atoms with Gasteiger partial charge in [-0.1, -0.05) is 0 Å². The molecule has 2 aromatic rings. The molecule has 1 amide bonds. The SMILES string of the molecule is COC(=O)c1sccc1NC(=O)c1cc(F)ccc1F. The molecule has 0 atom stereocenters. The van der Waals surface area contributed by atoms with Gasteiger partial charge in [-0.25, -0.2) is 13.6 Å². The van der Waals surface area contributed by atoms with E-state index in [4.69, 9.17) is 0 Å². The van der Waals surface area contributed by atoms with E-state index in [0.29, 0.717) is 0 Å². The highest BCUT2D eigenvalue weighted by molar-refractivity contribution is 7.12. The molecule has 20 heavy (non-hydrogen) atoms. The van der Waals surface area contributed by atoms with Crippen molar-refractivity contribution >= 4 is 28.9 Å². The molecule has 0 aliphatic heterocycles. The van der Waals surface area contributed by atoms with E-state index in [9.17, 15) is 18.4 Å². The van der Waals surface area contributed by atoms with Crippen LogP contribution in [0, 0.1) is 11.6 Å². The molecule has 0 bridgehead atoms. The van der Waals surface area contributed by atoms with Crippen molar-refractivity contribution < 1.29 is 23.1 Å². The van der Waals surface area contributed by atoms with Crippen molar-refractivity contribution in [1.29, 1.82) is 0 Å². The molecule has 0 unspecified atom stereocenters. The Morgan fingerprint density at radius 3 is 2.70 bits per heavy atom. The Kier molecular flexibility index (Phi) is 4.09. The van der Waals surface area contributed by atoms with Crippen molar-refractivity contribution in [3.63, 3.8) is 0 Å². The lowest BCUT2D eigenvalue weighted by Gasteiger charge is -2.06. The maximum atomic E-state index is 13.5. The predicted molar refractivity (Wildman–Crippen MR) is 70.0 cm³/mol. The molecule has 7 heteroatoms. The quantitative estimate of drug-likeness (QED) is 0.886. The van der Waals surface area contributed by atoms with Gasteiger partial charge in [-0.2, -0.15) is 0 Å². The van der Waals surface area contributed by atoms with Crippen molar-refractivity contribution in [2.45, 2.75) is 0 Å². The largest absolute Gasteiger partial charge is 0.465 e. The number of hydrogen-bond acceptors (Lipinski definition) is 4. The number of rotatable bonds is 3. The summed E-state index contributed by atoms with van der Waals surface area (Å²) >= 11 is 1.07. The Morgan fingerprint density at radius 1 is 1.25 bits per heavy atom. The topological polar surface area (TPSA) is 55.4 Å². The van der Waals surface area contributed by atoms with Crippen LogP contribution in [0.2, 0.25) is 0 Å². The van der Waals surface area contributed by atoms with Crippen LogP contribution >= 0.6 is 11.3 Å². The van der Waals surface area contributed by atoms with Gasteiger partial charge in [0.15, 0.2) is 0 Å². The van der Waals surface area contributed by atoms with Crippen LogP contribution in [0.25, 0.3) is 0 Å². The number of methoxy groups -OCH3 is 1. The molecule has 0 fully saturated rings. The second-order valence-electron chi connectivity index (χ2n) is 3.73. The van der Waals surface area contributed by atoms with Crippen LogP contribution in [0.5, 0.6) is 0 Å². The van der Waals surface area contributed by atoms with Gasteiger partial charge in [0.05, 0.1) is 18.4 Å². The summed E-state index contributed by atoms with van der Waals surface area (Å²) in [4.78, 5) is 23.5. The Bertz CT molecular complexity index is 669. The number of benzene rings is 1. The minimum atomic E-state index is -0.848. The van der Waals surface area contributed by atoms with Crippen LogP contribution in [0.3, 0.4) is 0 Å². The lowest BCUT2D eigenvalue weighted by Crippen LogP contribution is -2.15. The van der Waals surface area contributed by atoms with Gasteiger partial charge in [0.1, 0.15) is 16.5 Å². The van der Waals surface area contributed by atoms with E-state index in [2.05, 4.69) is 10.1 Å². The van der Waals surface area contributed by atoms with Gasteiger partial charge in [0.25, 0.3) is 5.91 Å². The summed E-state index contributed by atoms with van der Waals surface area (Å²) in [5.74, 6) is -3.03. The van der Waals surface area contributed by atoms with Crippen molar-refractivity contribution in [1.82, 2.24) is 0 Å². The molecule has 0 saturated carbocycles. The summed E-state index contributed by atoms with van der Waals surface area (Å²) in [5.41, 5.74) is -0.248. The van der Waals surface area contributed by atoms with Crippen molar-refractivity contribution in [3.8, 4) is 0 Å². The molecule has 4 nitrogen and oxygen atoms in total. The van der Waals surface area contributed by atoms with Crippen molar-refractivity contribution in [2.24, 2.45) is 0 Å². The number of anilines is 1. The fourth-order valence-electron chi connectivity index (χ4n) is 1.52. The number of esters is 1. The molecule has 0 saturated heterocycles. The zero-order valence-corrected chi connectivity index (χ0v) is 11.1. The van der Waals surface area contributed by atoms with Gasteiger partial charge in [0.2, 0.25) is 0 Å². The molecule has 1 aromatic carbocycles. The molecule has 1 aromatic heterocycles. The smallest absolute Gasteiger partial charge is 0.350 e. The highest BCUT2D eigenvalue weighted by Gasteiger charge is 2.18. The van der Waals surface area contributed by atoms with Gasteiger partial charge in [-0.3, -0.25) is 4.79 Å². The number of thiophene rings is 1. The van der Waals surface area contributed by atoms with Gasteiger partial charge in [0, 0.05) is 0 Å². The third-order valence-electron chi connectivity index (χ3n) is 2.46. The first-order valence-corrected chi connectivity index (χ1v) is 6.33. The second-order valence-corrected chi connectivity index (χ2v) is 4.65. The Hall–Kier alpha value is -2.28. The van der Waals surface area contributed by atoms with Gasteiger partial charge >= 0.3 is 5.97 Å². The summed E-state index contributed by atoms with van der Waals surface area (Å²) in [5, 5.41) is 3.93. The minimum absolute atomic E-state index is 0.178. The van der Waals surface area contributed by atoms with Gasteiger partial charge in [-0.05, 0) is 29.6 Å². The average Bonchev–Trinajstić information content (AvgIpc) is 2.88. The lowest BCUT2D eigenvalue weighted by atomic mass is 10.2. The molecular formula is C13H9F2NO3S. The normalized spacial score (nSPS) is 10.2. The summed E-state index contributed by atoms with van der Waals surface area (Å²) in [6, 6.07) is 4.04. The number of carbonyl (C=O) groups is 2. The number of nitrogens with one attached hydrogen (secondary N) is 1. The summed E-state index contributed by atoms with van der Waals surface area (Å²) in [7, 11) is 1.21. The summed E-state index contributed by atoms with van der Waals surface area (Å²) in [6.07, 6.45) is 0. The average molecular weight is 297 g/mol. The van der Waals surface area contributed by atoms with Crippen LogP contribution in [-0.2, 0) is 4.74 Å². The maximum Gasteiger partial charge on any atom is 0.350 e. The van der Waals surface area contributed by atoms with Gasteiger partial charge < -0.3 is 10.1 Å².